The quantitative estimate of drug-likeness (QED) is 0.696. The number of benzene rings is 1. The summed E-state index contributed by atoms with van der Waals surface area (Å²) < 4.78 is 10.5. The summed E-state index contributed by atoms with van der Waals surface area (Å²) in [5.41, 5.74) is 2.65. The molecule has 0 saturated heterocycles. The van der Waals surface area contributed by atoms with Gasteiger partial charge in [-0.2, -0.15) is 0 Å². The van der Waals surface area contributed by atoms with Crippen LogP contribution in [0.4, 0.5) is 0 Å². The van der Waals surface area contributed by atoms with E-state index in [0.29, 0.717) is 19.8 Å². The summed E-state index contributed by atoms with van der Waals surface area (Å²) in [6.45, 7) is 4.20. The molecule has 2 rings (SSSR count). The summed E-state index contributed by atoms with van der Waals surface area (Å²) in [6.07, 6.45) is 2.08. The second-order valence-corrected chi connectivity index (χ2v) is 5.13. The van der Waals surface area contributed by atoms with Crippen LogP contribution in [0.5, 0.6) is 0 Å². The van der Waals surface area contributed by atoms with Crippen molar-refractivity contribution < 1.29 is 14.3 Å². The van der Waals surface area contributed by atoms with E-state index in [1.807, 2.05) is 18.2 Å². The standard InChI is InChI=1S/C17H23NO3/c1-14-5-2-3-6-15(14)8-9-18-11-16(19)12-20-13-17-7-4-10-21-17/h2-7,10,16,18-19H,8-9,11-13H2,1H3. The van der Waals surface area contributed by atoms with E-state index in [1.54, 1.807) is 6.26 Å². The van der Waals surface area contributed by atoms with Crippen LogP contribution in [0.3, 0.4) is 0 Å². The van der Waals surface area contributed by atoms with Crippen molar-refractivity contribution in [3.8, 4) is 0 Å². The Balaban J connectivity index is 1.55. The highest BCUT2D eigenvalue weighted by Gasteiger charge is 2.05. The highest BCUT2D eigenvalue weighted by molar-refractivity contribution is 5.25. The van der Waals surface area contributed by atoms with E-state index in [-0.39, 0.29) is 0 Å². The van der Waals surface area contributed by atoms with Gasteiger partial charge in [-0.15, -0.1) is 0 Å². The van der Waals surface area contributed by atoms with Crippen molar-refractivity contribution in [2.75, 3.05) is 19.7 Å². The molecule has 0 aliphatic rings. The molecule has 0 saturated carbocycles. The number of aryl methyl sites for hydroxylation is 1. The largest absolute Gasteiger partial charge is 0.467 e. The average Bonchev–Trinajstić information content (AvgIpc) is 2.98. The molecule has 4 nitrogen and oxygen atoms in total. The molecule has 0 aliphatic heterocycles. The fourth-order valence-corrected chi connectivity index (χ4v) is 2.13. The molecule has 1 aromatic heterocycles. The van der Waals surface area contributed by atoms with Crippen molar-refractivity contribution in [3.63, 3.8) is 0 Å². The van der Waals surface area contributed by atoms with Gasteiger partial charge in [0.1, 0.15) is 12.4 Å². The molecule has 0 bridgehead atoms. The van der Waals surface area contributed by atoms with Crippen LogP contribution in [-0.4, -0.2) is 30.9 Å². The Morgan fingerprint density at radius 3 is 2.86 bits per heavy atom. The number of nitrogens with one attached hydrogen (secondary N) is 1. The predicted octanol–water partition coefficient (Wildman–Crippen LogP) is 2.30. The second-order valence-electron chi connectivity index (χ2n) is 5.13. The van der Waals surface area contributed by atoms with Gasteiger partial charge in [-0.1, -0.05) is 24.3 Å². The normalized spacial score (nSPS) is 12.5. The van der Waals surface area contributed by atoms with E-state index in [0.717, 1.165) is 18.7 Å². The van der Waals surface area contributed by atoms with E-state index in [2.05, 4.69) is 30.4 Å². The predicted molar refractivity (Wildman–Crippen MR) is 82.1 cm³/mol. The number of rotatable bonds is 9. The van der Waals surface area contributed by atoms with Crippen molar-refractivity contribution in [1.29, 1.82) is 0 Å². The summed E-state index contributed by atoms with van der Waals surface area (Å²) in [6, 6.07) is 12.0. The van der Waals surface area contributed by atoms with E-state index < -0.39 is 6.10 Å². The van der Waals surface area contributed by atoms with Gasteiger partial charge in [0, 0.05) is 6.54 Å². The zero-order chi connectivity index (χ0) is 14.9. The molecular weight excluding hydrogens is 266 g/mol. The van der Waals surface area contributed by atoms with Crippen molar-refractivity contribution in [3.05, 3.63) is 59.5 Å². The first-order chi connectivity index (χ1) is 10.3. The molecule has 1 heterocycles. The first-order valence-electron chi connectivity index (χ1n) is 7.29. The van der Waals surface area contributed by atoms with E-state index in [4.69, 9.17) is 9.15 Å². The molecule has 4 heteroatoms. The van der Waals surface area contributed by atoms with Gasteiger partial charge in [0.2, 0.25) is 0 Å². The number of aliphatic hydroxyl groups excluding tert-OH is 1. The second kappa shape index (κ2) is 8.62. The van der Waals surface area contributed by atoms with Crippen LogP contribution in [0.1, 0.15) is 16.9 Å². The summed E-state index contributed by atoms with van der Waals surface area (Å²) in [7, 11) is 0. The molecule has 114 valence electrons. The summed E-state index contributed by atoms with van der Waals surface area (Å²) in [4.78, 5) is 0. The molecule has 0 radical (unpaired) electrons. The Bertz CT molecular complexity index is 511. The van der Waals surface area contributed by atoms with Gasteiger partial charge in [0.15, 0.2) is 0 Å². The Morgan fingerprint density at radius 1 is 1.24 bits per heavy atom. The fourth-order valence-electron chi connectivity index (χ4n) is 2.13. The number of hydrogen-bond acceptors (Lipinski definition) is 4. The summed E-state index contributed by atoms with van der Waals surface area (Å²) in [5, 5.41) is 13.1. The van der Waals surface area contributed by atoms with E-state index in [1.165, 1.54) is 11.1 Å². The molecule has 1 aromatic carbocycles. The van der Waals surface area contributed by atoms with Crippen LogP contribution >= 0.6 is 0 Å². The fraction of sp³-hybridized carbons (Fsp3) is 0.412. The van der Waals surface area contributed by atoms with Crippen molar-refractivity contribution >= 4 is 0 Å². The Labute approximate surface area is 125 Å². The lowest BCUT2D eigenvalue weighted by atomic mass is 10.1. The number of furan rings is 1. The summed E-state index contributed by atoms with van der Waals surface area (Å²) in [5.74, 6) is 0.773. The molecule has 0 amide bonds. The third-order valence-corrected chi connectivity index (χ3v) is 3.35. The number of aliphatic hydroxyl groups is 1. The molecule has 0 fully saturated rings. The smallest absolute Gasteiger partial charge is 0.129 e. The molecule has 1 atom stereocenters. The monoisotopic (exact) mass is 289 g/mol. The van der Waals surface area contributed by atoms with E-state index >= 15 is 0 Å². The SMILES string of the molecule is Cc1ccccc1CCNCC(O)COCc1ccco1. The first kappa shape index (κ1) is 15.8. The van der Waals surface area contributed by atoms with Crippen LogP contribution < -0.4 is 5.32 Å². The van der Waals surface area contributed by atoms with Gasteiger partial charge in [0.05, 0.1) is 19.0 Å². The highest BCUT2D eigenvalue weighted by atomic mass is 16.5. The van der Waals surface area contributed by atoms with Crippen LogP contribution in [0.15, 0.2) is 47.1 Å². The zero-order valence-electron chi connectivity index (χ0n) is 12.4. The maximum absolute atomic E-state index is 9.81. The van der Waals surface area contributed by atoms with Gasteiger partial charge in [-0.25, -0.2) is 0 Å². The van der Waals surface area contributed by atoms with Gasteiger partial charge < -0.3 is 19.6 Å². The molecule has 21 heavy (non-hydrogen) atoms. The van der Waals surface area contributed by atoms with Crippen LogP contribution in [-0.2, 0) is 17.8 Å². The van der Waals surface area contributed by atoms with Crippen LogP contribution in [0, 0.1) is 6.92 Å². The Hall–Kier alpha value is -1.62. The highest BCUT2D eigenvalue weighted by Crippen LogP contribution is 2.06. The average molecular weight is 289 g/mol. The lowest BCUT2D eigenvalue weighted by Gasteiger charge is -2.12. The Morgan fingerprint density at radius 2 is 2.10 bits per heavy atom. The van der Waals surface area contributed by atoms with Crippen LogP contribution in [0.25, 0.3) is 0 Å². The van der Waals surface area contributed by atoms with Gasteiger partial charge in [0.25, 0.3) is 0 Å². The van der Waals surface area contributed by atoms with Crippen molar-refractivity contribution in [2.45, 2.75) is 26.1 Å². The molecule has 2 aromatic rings. The minimum absolute atomic E-state index is 0.304. The zero-order valence-corrected chi connectivity index (χ0v) is 12.4. The number of hydrogen-bond donors (Lipinski definition) is 2. The molecule has 0 spiro atoms. The molecule has 1 unspecified atom stereocenters. The summed E-state index contributed by atoms with van der Waals surface area (Å²) >= 11 is 0. The molecule has 0 aliphatic carbocycles. The van der Waals surface area contributed by atoms with Crippen LogP contribution in [0.2, 0.25) is 0 Å². The maximum Gasteiger partial charge on any atom is 0.129 e. The van der Waals surface area contributed by atoms with Crippen molar-refractivity contribution in [1.82, 2.24) is 5.32 Å². The Kier molecular flexibility index (Phi) is 6.47. The van der Waals surface area contributed by atoms with Gasteiger partial charge in [-0.3, -0.25) is 0 Å². The minimum atomic E-state index is -0.503. The minimum Gasteiger partial charge on any atom is -0.467 e. The molecular formula is C17H23NO3. The first-order valence-corrected chi connectivity index (χ1v) is 7.29. The third-order valence-electron chi connectivity index (χ3n) is 3.35. The van der Waals surface area contributed by atoms with Crippen molar-refractivity contribution in [2.24, 2.45) is 0 Å². The third kappa shape index (κ3) is 5.71. The topological polar surface area (TPSA) is 54.6 Å². The number of ether oxygens (including phenoxy) is 1. The lowest BCUT2D eigenvalue weighted by molar-refractivity contribution is 0.0228. The van der Waals surface area contributed by atoms with Gasteiger partial charge >= 0.3 is 0 Å². The molecule has 2 N–H and O–H groups in total. The van der Waals surface area contributed by atoms with E-state index in [9.17, 15) is 5.11 Å². The lowest BCUT2D eigenvalue weighted by Crippen LogP contribution is -2.31. The maximum atomic E-state index is 9.81. The van der Waals surface area contributed by atoms with Gasteiger partial charge in [-0.05, 0) is 43.1 Å².